The highest BCUT2D eigenvalue weighted by molar-refractivity contribution is 6.23. The van der Waals surface area contributed by atoms with Crippen LogP contribution in [-0.2, 0) is 0 Å². The SMILES string of the molecule is [2H]c1c([2H])c([2H])c2c(-c3ccc4oc5cc6ccccc6cc5c4c3)c3c([2H])c([2H])c([2H])c([2H])c3c(-c3ccc4c(ccc5cc(-c6ccccc6)ccc54)c3)c2c1[2H]. The lowest BCUT2D eigenvalue weighted by Gasteiger charge is -2.18. The maximum Gasteiger partial charge on any atom is 0.136 e. The molecule has 0 radical (unpaired) electrons. The van der Waals surface area contributed by atoms with Gasteiger partial charge < -0.3 is 4.42 Å². The highest BCUT2D eigenvalue weighted by Gasteiger charge is 2.18. The van der Waals surface area contributed by atoms with Gasteiger partial charge >= 0.3 is 0 Å². The van der Waals surface area contributed by atoms with Crippen LogP contribution in [0.25, 0.3) is 109 Å². The molecule has 0 aliphatic heterocycles. The lowest BCUT2D eigenvalue weighted by molar-refractivity contribution is 0.669. The molecule has 0 spiro atoms. The quantitative estimate of drug-likeness (QED) is 0.136. The Morgan fingerprint density at radius 1 is 0.314 bits per heavy atom. The summed E-state index contributed by atoms with van der Waals surface area (Å²) in [6.07, 6.45) is 0. The van der Waals surface area contributed by atoms with E-state index in [1.807, 2.05) is 84.9 Å². The molecule has 0 amide bonds. The van der Waals surface area contributed by atoms with E-state index in [1.54, 1.807) is 6.07 Å². The third-order valence-corrected chi connectivity index (χ3v) is 10.2. The average Bonchev–Trinajstić information content (AvgIpc) is 3.63. The molecule has 1 heterocycles. The number of benzene rings is 10. The molecule has 1 heteroatoms. The Morgan fingerprint density at radius 3 is 1.47 bits per heavy atom. The summed E-state index contributed by atoms with van der Waals surface area (Å²) in [5, 5.41) is 8.34. The van der Waals surface area contributed by atoms with Crippen molar-refractivity contribution in [3.05, 3.63) is 182 Å². The third kappa shape index (κ3) is 4.35. The van der Waals surface area contributed by atoms with Crippen molar-refractivity contribution < 1.29 is 15.4 Å². The number of fused-ring (bicyclic) bond motifs is 9. The molecule has 0 unspecified atom stereocenters. The van der Waals surface area contributed by atoms with Crippen LogP contribution >= 0.6 is 0 Å². The summed E-state index contributed by atoms with van der Waals surface area (Å²) in [4.78, 5) is 0. The number of furan rings is 1. The van der Waals surface area contributed by atoms with Gasteiger partial charge in [0.05, 0.1) is 11.0 Å². The van der Waals surface area contributed by atoms with Gasteiger partial charge in [-0.2, -0.15) is 0 Å². The highest BCUT2D eigenvalue weighted by Crippen LogP contribution is 2.45. The maximum atomic E-state index is 9.43. The molecule has 11 rings (SSSR count). The van der Waals surface area contributed by atoms with E-state index in [0.29, 0.717) is 33.4 Å². The second-order valence-corrected chi connectivity index (χ2v) is 13.1. The molecule has 0 aliphatic carbocycles. The minimum Gasteiger partial charge on any atom is -0.456 e. The van der Waals surface area contributed by atoms with Crippen molar-refractivity contribution in [2.75, 3.05) is 0 Å². The molecular formula is C50H30O. The molecule has 0 fully saturated rings. The van der Waals surface area contributed by atoms with Gasteiger partial charge in [-0.25, -0.2) is 0 Å². The summed E-state index contributed by atoms with van der Waals surface area (Å²) in [5.74, 6) is 0. The lowest BCUT2D eigenvalue weighted by atomic mass is 9.85. The van der Waals surface area contributed by atoms with Crippen molar-refractivity contribution >= 4 is 75.8 Å². The van der Waals surface area contributed by atoms with Crippen molar-refractivity contribution in [1.29, 1.82) is 0 Å². The summed E-state index contributed by atoms with van der Waals surface area (Å²) >= 11 is 0. The summed E-state index contributed by atoms with van der Waals surface area (Å²) in [6, 6.07) is 41.1. The van der Waals surface area contributed by atoms with Gasteiger partial charge in [-0.3, -0.25) is 0 Å². The molecular weight excluding hydrogens is 617 g/mol. The van der Waals surface area contributed by atoms with E-state index < -0.39 is 24.2 Å². The molecule has 10 aromatic carbocycles. The summed E-state index contributed by atoms with van der Waals surface area (Å²) in [5.41, 5.74) is 5.24. The van der Waals surface area contributed by atoms with Gasteiger partial charge in [-0.05, 0) is 124 Å². The first-order chi connectivity index (χ1) is 28.6. The van der Waals surface area contributed by atoms with E-state index in [4.69, 9.17) is 9.90 Å². The van der Waals surface area contributed by atoms with Crippen molar-refractivity contribution in [3.8, 4) is 33.4 Å². The summed E-state index contributed by atoms with van der Waals surface area (Å²) in [6.45, 7) is 0. The lowest BCUT2D eigenvalue weighted by Crippen LogP contribution is -1.91. The van der Waals surface area contributed by atoms with Crippen molar-refractivity contribution in [2.45, 2.75) is 0 Å². The Labute approximate surface area is 305 Å². The van der Waals surface area contributed by atoms with E-state index in [0.717, 1.165) is 54.2 Å². The van der Waals surface area contributed by atoms with Crippen LogP contribution in [0.15, 0.2) is 186 Å². The van der Waals surface area contributed by atoms with E-state index in [-0.39, 0.29) is 45.7 Å². The zero-order chi connectivity index (χ0) is 40.4. The van der Waals surface area contributed by atoms with Crippen LogP contribution in [0.4, 0.5) is 0 Å². The molecule has 0 saturated carbocycles. The Bertz CT molecular complexity index is 3570. The molecule has 0 saturated heterocycles. The van der Waals surface area contributed by atoms with Crippen LogP contribution in [0.3, 0.4) is 0 Å². The minimum absolute atomic E-state index is 0.174. The normalized spacial score (nSPS) is 14.1. The van der Waals surface area contributed by atoms with Crippen LogP contribution < -0.4 is 0 Å². The van der Waals surface area contributed by atoms with Crippen LogP contribution in [0.1, 0.15) is 11.0 Å². The van der Waals surface area contributed by atoms with Gasteiger partial charge in [0.2, 0.25) is 0 Å². The average molecular weight is 655 g/mol. The predicted octanol–water partition coefficient (Wildman–Crippen LogP) is 14.4. The smallest absolute Gasteiger partial charge is 0.136 e. The van der Waals surface area contributed by atoms with E-state index in [2.05, 4.69) is 42.5 Å². The number of rotatable bonds is 3. The first-order valence-electron chi connectivity index (χ1n) is 20.9. The zero-order valence-corrected chi connectivity index (χ0v) is 27.1. The van der Waals surface area contributed by atoms with Crippen molar-refractivity contribution in [3.63, 3.8) is 0 Å². The molecule has 1 aromatic heterocycles. The third-order valence-electron chi connectivity index (χ3n) is 10.2. The van der Waals surface area contributed by atoms with Crippen molar-refractivity contribution in [1.82, 2.24) is 0 Å². The molecule has 236 valence electrons. The first kappa shape index (κ1) is 21.4. The first-order valence-corrected chi connectivity index (χ1v) is 16.9. The van der Waals surface area contributed by atoms with Gasteiger partial charge in [0.1, 0.15) is 11.2 Å². The zero-order valence-electron chi connectivity index (χ0n) is 35.1. The van der Waals surface area contributed by atoms with E-state index in [1.165, 1.54) is 0 Å². The van der Waals surface area contributed by atoms with E-state index >= 15 is 0 Å². The Morgan fingerprint density at radius 2 is 0.824 bits per heavy atom. The van der Waals surface area contributed by atoms with Crippen LogP contribution in [-0.4, -0.2) is 0 Å². The molecule has 0 atom stereocenters. The second kappa shape index (κ2) is 10.9. The number of hydrogen-bond donors (Lipinski definition) is 0. The molecule has 11 aromatic rings. The summed E-state index contributed by atoms with van der Waals surface area (Å²) < 4.78 is 79.5. The monoisotopic (exact) mass is 654 g/mol. The Kier molecular flexibility index (Phi) is 4.57. The largest absolute Gasteiger partial charge is 0.456 e. The second-order valence-electron chi connectivity index (χ2n) is 13.1. The molecule has 0 bridgehead atoms. The topological polar surface area (TPSA) is 13.1 Å². The van der Waals surface area contributed by atoms with Gasteiger partial charge in [0.15, 0.2) is 0 Å². The molecule has 51 heavy (non-hydrogen) atoms. The Balaban J connectivity index is 1.24. The molecule has 1 nitrogen and oxygen atoms in total. The highest BCUT2D eigenvalue weighted by atomic mass is 16.3. The van der Waals surface area contributed by atoms with E-state index in [9.17, 15) is 5.48 Å². The predicted molar refractivity (Wildman–Crippen MR) is 218 cm³/mol. The van der Waals surface area contributed by atoms with Crippen LogP contribution in [0.5, 0.6) is 0 Å². The summed E-state index contributed by atoms with van der Waals surface area (Å²) in [7, 11) is 0. The standard InChI is InChI=1S/C50H30O/c1-2-10-31(11-3-1)34-20-23-39-35(26-34)18-19-36-27-37(21-24-40(36)39)49-41-14-6-8-16-43(41)50(44-17-9-7-15-42(44)49)38-22-25-47-45(29-38)46-28-32-12-4-5-13-33(32)30-48(46)51-47/h1-30H/i6D,7D,8D,9D,14D,15D,16D,17D. The fraction of sp³-hybridized carbons (Fsp3) is 0. The van der Waals surface area contributed by atoms with Crippen LogP contribution in [0.2, 0.25) is 0 Å². The maximum absolute atomic E-state index is 9.43. The van der Waals surface area contributed by atoms with Gasteiger partial charge in [-0.1, -0.05) is 145 Å². The minimum atomic E-state index is -0.434. The van der Waals surface area contributed by atoms with Gasteiger partial charge in [0, 0.05) is 10.8 Å². The van der Waals surface area contributed by atoms with Crippen molar-refractivity contribution in [2.24, 2.45) is 0 Å². The van der Waals surface area contributed by atoms with Gasteiger partial charge in [0.25, 0.3) is 0 Å². The molecule has 0 aliphatic rings. The molecule has 0 N–H and O–H groups in total. The number of hydrogen-bond acceptors (Lipinski definition) is 1. The fourth-order valence-electron chi connectivity index (χ4n) is 7.86. The Hall–Kier alpha value is -6.70. The van der Waals surface area contributed by atoms with Gasteiger partial charge in [-0.15, -0.1) is 0 Å². The fourth-order valence-corrected chi connectivity index (χ4v) is 7.86. The van der Waals surface area contributed by atoms with Crippen LogP contribution in [0, 0.1) is 0 Å².